The molecule has 0 aromatic heterocycles. The number of rotatable bonds is 5. The molecule has 0 radical (unpaired) electrons. The highest BCUT2D eigenvalue weighted by Crippen LogP contribution is 2.03. The van der Waals surface area contributed by atoms with Crippen LogP contribution in [0.2, 0.25) is 0 Å². The van der Waals surface area contributed by atoms with E-state index in [1.54, 1.807) is 12.1 Å². The van der Waals surface area contributed by atoms with E-state index in [2.05, 4.69) is 10.1 Å². The molecule has 0 fully saturated rings. The van der Waals surface area contributed by atoms with Crippen molar-refractivity contribution >= 4 is 34.7 Å². The van der Waals surface area contributed by atoms with Gasteiger partial charge >= 0.3 is 12.1 Å². The van der Waals surface area contributed by atoms with Crippen LogP contribution in [0.3, 0.4) is 0 Å². The second-order valence-corrected chi connectivity index (χ2v) is 3.89. The minimum atomic E-state index is -1.08. The number of hydrogen-bond acceptors (Lipinski definition) is 3. The van der Waals surface area contributed by atoms with E-state index in [4.69, 9.17) is 5.11 Å². The average Bonchev–Trinajstić information content (AvgIpc) is 2.29. The molecule has 17 heavy (non-hydrogen) atoms. The summed E-state index contributed by atoms with van der Waals surface area (Å²) in [5, 5.41) is 11.3. The van der Waals surface area contributed by atoms with Crippen molar-refractivity contribution in [2.75, 3.05) is 4.61 Å². The van der Waals surface area contributed by atoms with Crippen molar-refractivity contribution in [2.24, 2.45) is 0 Å². The van der Waals surface area contributed by atoms with E-state index in [9.17, 15) is 9.59 Å². The minimum absolute atomic E-state index is 0.182. The Morgan fingerprint density at radius 2 is 2.00 bits per heavy atom. The van der Waals surface area contributed by atoms with Crippen molar-refractivity contribution in [1.82, 2.24) is 5.32 Å². The minimum Gasteiger partial charge on any atom is -0.480 e. The molecule has 1 aromatic rings. The zero-order chi connectivity index (χ0) is 12.7. The Bertz CT molecular complexity index is 382. The topological polar surface area (TPSA) is 75.6 Å². The van der Waals surface area contributed by atoms with Crippen LogP contribution in [0.5, 0.6) is 0 Å². The molecule has 1 atom stereocenters. The van der Waals surface area contributed by atoms with Crippen molar-refractivity contribution in [1.29, 1.82) is 0 Å². The standard InChI is InChI=1S/C11H12INO4/c12-7-17-11(16)13-9(10(14)15)6-8-4-2-1-3-5-8/h1-5,9H,6-7H2,(H,13,16)(H,14,15). The summed E-state index contributed by atoms with van der Waals surface area (Å²) in [4.78, 5) is 22.1. The van der Waals surface area contributed by atoms with Crippen LogP contribution in [0.25, 0.3) is 0 Å². The van der Waals surface area contributed by atoms with Gasteiger partial charge in [-0.25, -0.2) is 9.59 Å². The van der Waals surface area contributed by atoms with Gasteiger partial charge in [0.05, 0.1) is 0 Å². The predicted molar refractivity (Wildman–Crippen MR) is 70.1 cm³/mol. The Morgan fingerprint density at radius 1 is 1.35 bits per heavy atom. The molecule has 0 bridgehead atoms. The average molecular weight is 349 g/mol. The molecule has 0 spiro atoms. The van der Waals surface area contributed by atoms with Crippen molar-refractivity contribution < 1.29 is 19.4 Å². The zero-order valence-electron chi connectivity index (χ0n) is 8.93. The molecule has 1 amide bonds. The highest BCUT2D eigenvalue weighted by Gasteiger charge is 2.20. The largest absolute Gasteiger partial charge is 0.480 e. The summed E-state index contributed by atoms with van der Waals surface area (Å²) >= 11 is 1.86. The Labute approximate surface area is 112 Å². The molecule has 1 rings (SSSR count). The number of ether oxygens (including phenoxy) is 1. The third-order valence-electron chi connectivity index (χ3n) is 2.06. The highest BCUT2D eigenvalue weighted by molar-refractivity contribution is 14.1. The third kappa shape index (κ3) is 5.03. The normalized spacial score (nSPS) is 11.6. The summed E-state index contributed by atoms with van der Waals surface area (Å²) in [6.07, 6.45) is -0.491. The number of hydrogen-bond donors (Lipinski definition) is 2. The molecule has 0 aliphatic heterocycles. The van der Waals surface area contributed by atoms with Gasteiger partial charge in [0, 0.05) is 6.42 Å². The van der Waals surface area contributed by atoms with E-state index < -0.39 is 18.1 Å². The Hall–Kier alpha value is -1.31. The van der Waals surface area contributed by atoms with E-state index in [-0.39, 0.29) is 11.0 Å². The quantitative estimate of drug-likeness (QED) is 0.628. The van der Waals surface area contributed by atoms with Gasteiger partial charge in [-0.2, -0.15) is 0 Å². The van der Waals surface area contributed by atoms with Crippen LogP contribution < -0.4 is 5.32 Å². The van der Waals surface area contributed by atoms with Crippen LogP contribution in [0.15, 0.2) is 30.3 Å². The number of alkyl carbamates (subject to hydrolysis) is 1. The number of carbonyl (C=O) groups excluding carboxylic acids is 1. The van der Waals surface area contributed by atoms with Gasteiger partial charge in [-0.15, -0.1) is 0 Å². The fourth-order valence-electron chi connectivity index (χ4n) is 1.28. The van der Waals surface area contributed by atoms with Crippen LogP contribution in [0, 0.1) is 0 Å². The summed E-state index contributed by atoms with van der Waals surface area (Å²) in [7, 11) is 0. The molecule has 0 aliphatic rings. The number of alkyl halides is 1. The van der Waals surface area contributed by atoms with Crippen molar-refractivity contribution in [2.45, 2.75) is 12.5 Å². The monoisotopic (exact) mass is 349 g/mol. The van der Waals surface area contributed by atoms with E-state index in [0.717, 1.165) is 5.56 Å². The lowest BCUT2D eigenvalue weighted by Gasteiger charge is -2.13. The molecule has 1 aromatic carbocycles. The first-order chi connectivity index (χ1) is 8.13. The third-order valence-corrected chi connectivity index (χ3v) is 2.37. The van der Waals surface area contributed by atoms with E-state index >= 15 is 0 Å². The van der Waals surface area contributed by atoms with Crippen molar-refractivity contribution in [3.8, 4) is 0 Å². The first kappa shape index (κ1) is 13.8. The fraction of sp³-hybridized carbons (Fsp3) is 0.273. The SMILES string of the molecule is O=C(NC(Cc1ccccc1)C(=O)O)OCI. The zero-order valence-corrected chi connectivity index (χ0v) is 11.1. The molecule has 0 aliphatic carbocycles. The number of aliphatic carboxylic acids is 1. The summed E-state index contributed by atoms with van der Waals surface area (Å²) < 4.78 is 4.82. The smallest absolute Gasteiger partial charge is 0.408 e. The first-order valence-electron chi connectivity index (χ1n) is 4.89. The van der Waals surface area contributed by atoms with Gasteiger partial charge in [0.1, 0.15) is 10.7 Å². The van der Waals surface area contributed by atoms with Gasteiger partial charge in [-0.05, 0) is 28.2 Å². The van der Waals surface area contributed by atoms with Crippen LogP contribution in [-0.2, 0) is 16.0 Å². The number of nitrogens with one attached hydrogen (secondary N) is 1. The molecule has 0 saturated heterocycles. The lowest BCUT2D eigenvalue weighted by atomic mass is 10.1. The second-order valence-electron chi connectivity index (χ2n) is 3.27. The second kappa shape index (κ2) is 7.10. The highest BCUT2D eigenvalue weighted by atomic mass is 127. The van der Waals surface area contributed by atoms with Crippen LogP contribution in [-0.4, -0.2) is 27.8 Å². The Balaban J connectivity index is 2.61. The maximum absolute atomic E-state index is 11.1. The number of benzene rings is 1. The molecule has 1 unspecified atom stereocenters. The van der Waals surface area contributed by atoms with Gasteiger partial charge in [0.25, 0.3) is 0 Å². The maximum Gasteiger partial charge on any atom is 0.408 e. The Kier molecular flexibility index (Phi) is 5.75. The molecule has 5 nitrogen and oxygen atoms in total. The number of carboxylic acids is 1. The van der Waals surface area contributed by atoms with Gasteiger partial charge in [0.15, 0.2) is 0 Å². The number of carbonyl (C=O) groups is 2. The summed E-state index contributed by atoms with van der Waals surface area (Å²) in [5.41, 5.74) is 0.842. The Morgan fingerprint density at radius 3 is 2.53 bits per heavy atom. The van der Waals surface area contributed by atoms with Crippen LogP contribution in [0.1, 0.15) is 5.56 Å². The van der Waals surface area contributed by atoms with E-state index in [1.807, 2.05) is 40.8 Å². The fourth-order valence-corrected chi connectivity index (χ4v) is 1.57. The molecule has 6 heteroatoms. The molecule has 0 heterocycles. The molecule has 2 N–H and O–H groups in total. The molecule has 92 valence electrons. The molecular weight excluding hydrogens is 337 g/mol. The van der Waals surface area contributed by atoms with E-state index in [1.165, 1.54) is 0 Å². The van der Waals surface area contributed by atoms with Gasteiger partial charge < -0.3 is 15.2 Å². The lowest BCUT2D eigenvalue weighted by Crippen LogP contribution is -2.42. The van der Waals surface area contributed by atoms with Crippen molar-refractivity contribution in [3.05, 3.63) is 35.9 Å². The van der Waals surface area contributed by atoms with Gasteiger partial charge in [-0.3, -0.25) is 0 Å². The van der Waals surface area contributed by atoms with Crippen LogP contribution in [0.4, 0.5) is 4.79 Å². The van der Waals surface area contributed by atoms with E-state index in [0.29, 0.717) is 0 Å². The number of halogens is 1. The maximum atomic E-state index is 11.1. The first-order valence-corrected chi connectivity index (χ1v) is 6.42. The molecular formula is C11H12INO4. The summed E-state index contributed by atoms with van der Waals surface area (Å²) in [6.45, 7) is 0. The van der Waals surface area contributed by atoms with Crippen molar-refractivity contribution in [3.63, 3.8) is 0 Å². The van der Waals surface area contributed by atoms with Gasteiger partial charge in [-0.1, -0.05) is 30.3 Å². The van der Waals surface area contributed by atoms with Gasteiger partial charge in [0.2, 0.25) is 0 Å². The summed E-state index contributed by atoms with van der Waals surface area (Å²) in [6, 6.07) is 8.11. The van der Waals surface area contributed by atoms with Crippen LogP contribution >= 0.6 is 22.6 Å². The summed E-state index contributed by atoms with van der Waals surface area (Å²) in [5.74, 6) is -1.08. The predicted octanol–water partition coefficient (Wildman–Crippen LogP) is 1.80. The number of amides is 1. The lowest BCUT2D eigenvalue weighted by molar-refractivity contribution is -0.139. The molecule has 0 saturated carbocycles. The number of carboxylic acid groups (broad SMARTS) is 1.